The molecule has 0 N–H and O–H groups in total. The Kier molecular flexibility index (Phi) is 61.6. The molecule has 8 aromatic carbocycles. The molecule has 0 radical (unpaired) electrons. The normalized spacial score (nSPS) is 27.2. The number of rotatable bonds is 0. The van der Waals surface area contributed by atoms with Crippen LogP contribution in [0.4, 0.5) is 0 Å². The molecule has 128 heavy (non-hydrogen) atoms. The lowest BCUT2D eigenvalue weighted by atomic mass is 9.84. The maximum atomic E-state index is 5.36. The second-order valence-electron chi connectivity index (χ2n) is 38.1. The van der Waals surface area contributed by atoms with Gasteiger partial charge in [-0.3, -0.25) is 0 Å². The molecule has 7 heterocycles. The molecule has 9 aromatic rings. The summed E-state index contributed by atoms with van der Waals surface area (Å²) < 4.78 is 44.4. The molecule has 0 bridgehead atoms. The van der Waals surface area contributed by atoms with E-state index in [9.17, 15) is 0 Å². The third kappa shape index (κ3) is 50.0. The summed E-state index contributed by atoms with van der Waals surface area (Å²) in [5.74, 6) is 12.1. The summed E-state index contributed by atoms with van der Waals surface area (Å²) in [6.45, 7) is 68.4. The van der Waals surface area contributed by atoms with Gasteiger partial charge in [0.25, 0.3) is 0 Å². The SMILES string of the molecule is CC.CC.CC.CC1=CCC(C)CC1.CC1CCC(C)C1.CC1CCC(C)C1.CC1CCC(C)CC1.CC1CCC(C)O1.CC1COC(C)C1.CC1COC(C)O1.CC1COC(C)O1.CC1COC(C)OC1.CC1CSC(C)SC1.Cc1ccc(C)cc1.Cc1ccc2cc(C)ccc2c1.Cn1c2ccccc2c2ccccc21.[HH].c1ccc2c(c1)ccc1ccccc12. The topological polar surface area (TPSA) is 78.8 Å². The first kappa shape index (κ1) is 117. The molecule has 1 aromatic heterocycles. The van der Waals surface area contributed by atoms with E-state index in [1.54, 1.807) is 5.57 Å². The van der Waals surface area contributed by atoms with Crippen molar-refractivity contribution in [3.8, 4) is 0 Å². The average Bonchev–Trinajstić information content (AvgIpc) is 1.66. The fourth-order valence-corrected chi connectivity index (χ4v) is 18.9. The summed E-state index contributed by atoms with van der Waals surface area (Å²) in [5.41, 5.74) is 9.49. The molecule has 722 valence electrons. The van der Waals surface area contributed by atoms with Crippen molar-refractivity contribution in [1.82, 2.24) is 4.57 Å². The number of thioether (sulfide) groups is 2. The number of allylic oxidation sites excluding steroid dienone is 2. The van der Waals surface area contributed by atoms with Crippen molar-refractivity contribution in [2.45, 2.75) is 364 Å². The van der Waals surface area contributed by atoms with Gasteiger partial charge in [-0.05, 0) is 258 Å². The van der Waals surface area contributed by atoms with Crippen molar-refractivity contribution in [3.63, 3.8) is 0 Å². The standard InChI is InChI=1S/C14H10.C13H11N.C12H12.C8H16.C8H14.C8H10.2C7H14.C6H12O2.2C6H12O.C6H12S2.2C5H10O2.3C2H6.H2/c1-3-7-13-11(5-1)9-10-12-6-2-4-8-14(12)13;1-14-12-8-4-2-6-10(12)11-7-3-5-9-13(11)14;1-9-3-5-12-8-10(2)4-6-11(12)7-9;3*1-7-3-5-8(2)6-4-7;2*1-6-3-4-7(2)5-6;1-5-3-7-6(2)8-4-5;1-5-3-6(2)7-4-5;1-5-3-4-6(2)7-5;1-5-3-7-6(2)8-4-5;2*1-4-3-6-5(2)7-4;3*1-2;/h1-10H;2-9H,1H3;3-8H,1-2H3;7-8H,3-6H2,1-2H3;3,8H,4-6H2,1-2H3;3-6H,1-2H3;2*6-7H,3-5H2,1-2H3;5-6H,3-4H2,1-2H3;2*5-6H,3-4H2,1-2H3;5-6H,3-4H2,1-2H3;2*4-5H,3H2,1-2H3;3*1-2H3;1H. The van der Waals surface area contributed by atoms with Crippen molar-refractivity contribution in [2.24, 2.45) is 66.2 Å². The van der Waals surface area contributed by atoms with Gasteiger partial charge in [0.05, 0.1) is 56.9 Å². The molecule has 0 amide bonds. The van der Waals surface area contributed by atoms with Gasteiger partial charge in [0.15, 0.2) is 18.9 Å². The van der Waals surface area contributed by atoms with Crippen molar-refractivity contribution < 1.29 is 39.3 Å². The van der Waals surface area contributed by atoms with Crippen LogP contribution in [0.15, 0.2) is 182 Å². The molecule has 6 saturated heterocycles. The minimum atomic E-state index is 0. The summed E-state index contributed by atoms with van der Waals surface area (Å²) in [4.78, 5) is 0. The van der Waals surface area contributed by atoms with Crippen molar-refractivity contribution in [1.29, 1.82) is 0 Å². The maximum Gasteiger partial charge on any atom is 0.155 e. The number of hydrogen-bond acceptors (Lipinski definition) is 10. The highest BCUT2D eigenvalue weighted by atomic mass is 32.2. The minimum absolute atomic E-state index is 0. The Balaban J connectivity index is 0.000000471. The number of hydrogen-bond donors (Lipinski definition) is 0. The zero-order chi connectivity index (χ0) is 95.0. The lowest BCUT2D eigenvalue weighted by molar-refractivity contribution is -0.187. The highest BCUT2D eigenvalue weighted by molar-refractivity contribution is 8.17. The van der Waals surface area contributed by atoms with Crippen molar-refractivity contribution in [2.75, 3.05) is 44.5 Å². The Morgan fingerprint density at radius 1 is 0.281 bits per heavy atom. The maximum absolute atomic E-state index is 5.36. The van der Waals surface area contributed by atoms with Crippen LogP contribution in [0.5, 0.6) is 0 Å². The van der Waals surface area contributed by atoms with E-state index in [0.717, 1.165) is 90.9 Å². The molecule has 6 aliphatic heterocycles. The molecule has 10 aliphatic rings. The van der Waals surface area contributed by atoms with E-state index in [0.29, 0.717) is 36.4 Å². The zero-order valence-corrected chi connectivity index (χ0v) is 88.6. The van der Waals surface area contributed by atoms with E-state index in [4.69, 9.17) is 37.9 Å². The second-order valence-corrected chi connectivity index (χ2v) is 41.2. The first-order valence-corrected chi connectivity index (χ1v) is 52.6. The highest BCUT2D eigenvalue weighted by Gasteiger charge is 2.22. The lowest BCUT2D eigenvalue weighted by Crippen LogP contribution is -2.27. The van der Waals surface area contributed by atoms with Crippen LogP contribution in [-0.2, 0) is 44.9 Å². The number of ether oxygens (including phenoxy) is 8. The van der Waals surface area contributed by atoms with Crippen LogP contribution in [0.25, 0.3) is 54.1 Å². The van der Waals surface area contributed by atoms with Gasteiger partial charge < -0.3 is 42.5 Å². The largest absolute Gasteiger partial charge is 0.378 e. The predicted molar refractivity (Wildman–Crippen MR) is 570 cm³/mol. The number of benzene rings is 8. The first-order valence-electron chi connectivity index (χ1n) is 50.5. The number of para-hydroxylation sites is 2. The molecule has 19 rings (SSSR count). The Morgan fingerprint density at radius 2 is 0.625 bits per heavy atom. The van der Waals surface area contributed by atoms with Crippen LogP contribution in [0, 0.1) is 86.9 Å². The van der Waals surface area contributed by atoms with Crippen LogP contribution >= 0.6 is 23.5 Å². The van der Waals surface area contributed by atoms with Gasteiger partial charge in [0, 0.05) is 47.4 Å². The summed E-state index contributed by atoms with van der Waals surface area (Å²) in [5, 5.41) is 10.6. The van der Waals surface area contributed by atoms with E-state index < -0.39 is 0 Å². The molecule has 9 fully saturated rings. The summed E-state index contributed by atoms with van der Waals surface area (Å²) >= 11 is 4.18. The molecule has 9 nitrogen and oxygen atoms in total. The van der Waals surface area contributed by atoms with Gasteiger partial charge in [-0.25, -0.2) is 0 Å². The molecule has 11 heteroatoms. The lowest BCUT2D eigenvalue weighted by Gasteiger charge is -2.24. The summed E-state index contributed by atoms with van der Waals surface area (Å²) in [6.07, 6.45) is 27.1. The predicted octanol–water partition coefficient (Wildman–Crippen LogP) is 34.9. The van der Waals surface area contributed by atoms with E-state index >= 15 is 0 Å². The van der Waals surface area contributed by atoms with Gasteiger partial charge in [-0.1, -0.05) is 354 Å². The van der Waals surface area contributed by atoms with E-state index in [2.05, 4.69) is 343 Å². The Morgan fingerprint density at radius 3 is 0.898 bits per heavy atom. The van der Waals surface area contributed by atoms with Gasteiger partial charge in [-0.15, -0.1) is 23.5 Å². The number of aryl methyl sites for hydroxylation is 5. The Bertz CT molecular complexity index is 3860. The quantitative estimate of drug-likeness (QED) is 0.108. The van der Waals surface area contributed by atoms with Crippen LogP contribution < -0.4 is 0 Å². The van der Waals surface area contributed by atoms with E-state index in [1.807, 2.05) is 76.2 Å². The third-order valence-electron chi connectivity index (χ3n) is 24.2. The van der Waals surface area contributed by atoms with E-state index in [-0.39, 0.29) is 20.3 Å². The molecular weight excluding hydrogens is 1610 g/mol. The van der Waals surface area contributed by atoms with Gasteiger partial charge >= 0.3 is 0 Å². The van der Waals surface area contributed by atoms with Gasteiger partial charge in [0.2, 0.25) is 0 Å². The number of fused-ring (bicyclic) bond motifs is 7. The average molecular weight is 1800 g/mol. The molecule has 0 spiro atoms. The Labute approximate surface area is 795 Å². The smallest absolute Gasteiger partial charge is 0.155 e. The van der Waals surface area contributed by atoms with Crippen LogP contribution in [-0.4, -0.2) is 103 Å². The van der Waals surface area contributed by atoms with Crippen molar-refractivity contribution >= 4 is 77.6 Å². The third-order valence-corrected chi connectivity index (χ3v) is 27.5. The van der Waals surface area contributed by atoms with Crippen molar-refractivity contribution in [3.05, 3.63) is 204 Å². The zero-order valence-electron chi connectivity index (χ0n) is 87.0. The molecule has 4 aliphatic carbocycles. The van der Waals surface area contributed by atoms with E-state index in [1.165, 1.54) is 191 Å². The van der Waals surface area contributed by atoms with Crippen LogP contribution in [0.2, 0.25) is 0 Å². The molecular formula is C117H189NO8S2. The molecule has 13 unspecified atom stereocenters. The molecule has 3 saturated carbocycles. The van der Waals surface area contributed by atoms with Gasteiger partial charge in [-0.2, -0.15) is 0 Å². The molecule has 13 atom stereocenters. The first-order chi connectivity index (χ1) is 61.2. The number of nitrogens with zero attached hydrogens (tertiary/aromatic N) is 1. The van der Waals surface area contributed by atoms with Gasteiger partial charge in [0.1, 0.15) is 0 Å². The minimum Gasteiger partial charge on any atom is -0.378 e. The number of aromatic nitrogens is 1. The second kappa shape index (κ2) is 67.6. The summed E-state index contributed by atoms with van der Waals surface area (Å²) in [7, 11) is 2.12. The summed E-state index contributed by atoms with van der Waals surface area (Å²) in [6, 6.07) is 60.0. The highest BCUT2D eigenvalue weighted by Crippen LogP contribution is 2.35. The fraction of sp³-hybridized carbons (Fsp3) is 0.624. The van der Waals surface area contributed by atoms with Crippen LogP contribution in [0.1, 0.15) is 306 Å². The Hall–Kier alpha value is -5.54. The van der Waals surface area contributed by atoms with Crippen LogP contribution in [0.3, 0.4) is 0 Å². The monoisotopic (exact) mass is 1800 g/mol. The fourth-order valence-electron chi connectivity index (χ4n) is 16.5.